The third-order valence-corrected chi connectivity index (χ3v) is 5.27. The number of hydrogen-bond acceptors (Lipinski definition) is 6. The predicted octanol–water partition coefficient (Wildman–Crippen LogP) is 3.42. The van der Waals surface area contributed by atoms with Gasteiger partial charge in [-0.05, 0) is 36.2 Å². The van der Waals surface area contributed by atoms with Crippen LogP contribution in [0.5, 0.6) is 5.75 Å². The van der Waals surface area contributed by atoms with E-state index in [-0.39, 0.29) is 5.56 Å². The molecule has 146 valence electrons. The lowest BCUT2D eigenvalue weighted by Crippen LogP contribution is -2.18. The number of hydrogen-bond donors (Lipinski definition) is 2. The highest BCUT2D eigenvalue weighted by Crippen LogP contribution is 2.15. The number of methoxy groups -OCH3 is 1. The van der Waals surface area contributed by atoms with Crippen molar-refractivity contribution in [2.45, 2.75) is 19.1 Å². The summed E-state index contributed by atoms with van der Waals surface area (Å²) in [5.41, 5.74) is 3.82. The minimum atomic E-state index is -0.128. The largest absolute Gasteiger partial charge is 0.497 e. The molecule has 0 aliphatic heterocycles. The number of aromatic nitrogens is 3. The van der Waals surface area contributed by atoms with E-state index >= 15 is 0 Å². The first kappa shape index (κ1) is 19.9. The molecule has 0 aliphatic carbocycles. The molecule has 0 radical (unpaired) electrons. The summed E-state index contributed by atoms with van der Waals surface area (Å²) in [6, 6.07) is 11.7. The predicted molar refractivity (Wildman–Crippen MR) is 114 cm³/mol. The number of thioether (sulfide) groups is 1. The van der Waals surface area contributed by atoms with Crippen LogP contribution in [0.15, 0.2) is 53.6 Å². The van der Waals surface area contributed by atoms with Gasteiger partial charge in [-0.2, -0.15) is 11.8 Å². The van der Waals surface area contributed by atoms with E-state index in [0.717, 1.165) is 28.5 Å². The number of nitrogens with zero attached hydrogens (tertiary/aromatic N) is 2. The monoisotopic (exact) mass is 396 g/mol. The van der Waals surface area contributed by atoms with Gasteiger partial charge in [-0.3, -0.25) is 14.8 Å². The molecule has 0 saturated carbocycles. The number of anilines is 1. The Hall–Kier alpha value is -2.80. The molecule has 0 atom stereocenters. The maximum Gasteiger partial charge on any atom is 0.255 e. The normalized spacial score (nSPS) is 10.6. The highest BCUT2D eigenvalue weighted by molar-refractivity contribution is 7.98. The Labute approximate surface area is 168 Å². The number of benzene rings is 1. The summed E-state index contributed by atoms with van der Waals surface area (Å²) in [4.78, 5) is 23.9. The van der Waals surface area contributed by atoms with Crippen LogP contribution in [0.3, 0.4) is 0 Å². The number of ether oxygens (including phenoxy) is 1. The summed E-state index contributed by atoms with van der Waals surface area (Å²) in [7, 11) is 1.63. The van der Waals surface area contributed by atoms with Crippen LogP contribution in [0.1, 0.15) is 22.4 Å². The Morgan fingerprint density at radius 2 is 2.11 bits per heavy atom. The lowest BCUT2D eigenvalue weighted by atomic mass is 10.1. The number of aryl methyl sites for hydroxylation is 1. The van der Waals surface area contributed by atoms with Crippen molar-refractivity contribution >= 4 is 17.7 Å². The second-order valence-electron chi connectivity index (χ2n) is 6.36. The number of H-pyrrole nitrogens is 1. The fraction of sp³-hybridized carbons (Fsp3) is 0.286. The van der Waals surface area contributed by atoms with Crippen molar-refractivity contribution in [3.63, 3.8) is 0 Å². The van der Waals surface area contributed by atoms with Gasteiger partial charge in [0.2, 0.25) is 5.95 Å². The minimum absolute atomic E-state index is 0.128. The number of pyridine rings is 1. The van der Waals surface area contributed by atoms with Crippen molar-refractivity contribution in [1.82, 2.24) is 15.0 Å². The Bertz CT molecular complexity index is 974. The number of aromatic amines is 1. The molecule has 0 spiro atoms. The lowest BCUT2D eigenvalue weighted by molar-refractivity contribution is 0.414. The zero-order valence-electron chi connectivity index (χ0n) is 16.1. The molecule has 2 N–H and O–H groups in total. The molecular weight excluding hydrogens is 372 g/mol. The molecule has 3 aromatic rings. The van der Waals surface area contributed by atoms with Crippen molar-refractivity contribution < 1.29 is 4.74 Å². The third-order valence-electron chi connectivity index (χ3n) is 4.30. The minimum Gasteiger partial charge on any atom is -0.497 e. The van der Waals surface area contributed by atoms with E-state index in [1.54, 1.807) is 25.1 Å². The van der Waals surface area contributed by atoms with Gasteiger partial charge < -0.3 is 10.1 Å². The van der Waals surface area contributed by atoms with Gasteiger partial charge in [0.05, 0.1) is 12.8 Å². The number of nitrogens with one attached hydrogen (secondary N) is 2. The van der Waals surface area contributed by atoms with Crippen LogP contribution in [-0.4, -0.2) is 34.4 Å². The van der Waals surface area contributed by atoms with Crippen LogP contribution < -0.4 is 15.6 Å². The molecule has 3 rings (SSSR count). The molecule has 28 heavy (non-hydrogen) atoms. The maximum absolute atomic E-state index is 12.3. The molecule has 0 saturated heterocycles. The van der Waals surface area contributed by atoms with Crippen molar-refractivity contribution in [2.24, 2.45) is 0 Å². The molecule has 2 aromatic heterocycles. The molecular formula is C21H24N4O2S. The van der Waals surface area contributed by atoms with Gasteiger partial charge in [0.1, 0.15) is 5.75 Å². The first-order chi connectivity index (χ1) is 13.7. The Kier molecular flexibility index (Phi) is 7.08. The summed E-state index contributed by atoms with van der Waals surface area (Å²) in [6.07, 6.45) is 3.97. The standard InChI is InChI=1S/C21H24N4O2S/c1-15-5-4-8-22-19(15)14-28-10-9-23-21-24-13-17(20(26)25-21)11-16-6-3-7-18(12-16)27-2/h3-8,12-13H,9-11,14H2,1-2H3,(H2,23,24,25,26). The summed E-state index contributed by atoms with van der Waals surface area (Å²) in [5, 5.41) is 3.17. The fourth-order valence-electron chi connectivity index (χ4n) is 2.72. The Balaban J connectivity index is 1.48. The molecule has 0 unspecified atom stereocenters. The molecule has 0 aliphatic rings. The molecule has 7 heteroatoms. The van der Waals surface area contributed by atoms with Crippen LogP contribution in [0.2, 0.25) is 0 Å². The van der Waals surface area contributed by atoms with E-state index in [4.69, 9.17) is 4.74 Å². The zero-order chi connectivity index (χ0) is 19.8. The average Bonchev–Trinajstić information content (AvgIpc) is 2.71. The highest BCUT2D eigenvalue weighted by atomic mass is 32.2. The summed E-state index contributed by atoms with van der Waals surface area (Å²) in [6.45, 7) is 2.79. The van der Waals surface area contributed by atoms with Crippen molar-refractivity contribution in [3.05, 3.63) is 81.5 Å². The van der Waals surface area contributed by atoms with Gasteiger partial charge in [-0.15, -0.1) is 0 Å². The van der Waals surface area contributed by atoms with Crippen LogP contribution in [0.25, 0.3) is 0 Å². The zero-order valence-corrected chi connectivity index (χ0v) is 16.9. The van der Waals surface area contributed by atoms with Gasteiger partial charge in [0.15, 0.2) is 0 Å². The van der Waals surface area contributed by atoms with E-state index in [0.29, 0.717) is 24.5 Å². The van der Waals surface area contributed by atoms with Crippen molar-refractivity contribution in [2.75, 3.05) is 24.7 Å². The van der Waals surface area contributed by atoms with Crippen LogP contribution in [-0.2, 0) is 12.2 Å². The van der Waals surface area contributed by atoms with Crippen molar-refractivity contribution in [3.8, 4) is 5.75 Å². The smallest absolute Gasteiger partial charge is 0.255 e. The quantitative estimate of drug-likeness (QED) is 0.540. The van der Waals surface area contributed by atoms with Gasteiger partial charge in [-0.1, -0.05) is 18.2 Å². The molecule has 0 fully saturated rings. The van der Waals surface area contributed by atoms with E-state index in [1.807, 2.05) is 36.5 Å². The SMILES string of the molecule is COc1cccc(Cc2cnc(NCCSCc3ncccc3C)[nH]c2=O)c1. The third kappa shape index (κ3) is 5.60. The molecule has 1 aromatic carbocycles. The van der Waals surface area contributed by atoms with Crippen LogP contribution in [0, 0.1) is 6.92 Å². The van der Waals surface area contributed by atoms with Crippen molar-refractivity contribution in [1.29, 1.82) is 0 Å². The van der Waals surface area contributed by atoms with E-state index < -0.39 is 0 Å². The van der Waals surface area contributed by atoms with E-state index in [2.05, 4.69) is 33.3 Å². The fourth-order valence-corrected chi connectivity index (χ4v) is 3.61. The van der Waals surface area contributed by atoms with Gasteiger partial charge >= 0.3 is 0 Å². The highest BCUT2D eigenvalue weighted by Gasteiger charge is 2.05. The summed E-state index contributed by atoms with van der Waals surface area (Å²) in [5.74, 6) is 3.04. The molecule has 0 amide bonds. The van der Waals surface area contributed by atoms with Crippen LogP contribution in [0.4, 0.5) is 5.95 Å². The summed E-state index contributed by atoms with van der Waals surface area (Å²) >= 11 is 1.80. The first-order valence-electron chi connectivity index (χ1n) is 9.09. The van der Waals surface area contributed by atoms with Gasteiger partial charge in [0, 0.05) is 42.4 Å². The van der Waals surface area contributed by atoms with Gasteiger partial charge in [-0.25, -0.2) is 4.98 Å². The molecule has 2 heterocycles. The molecule has 6 nitrogen and oxygen atoms in total. The second kappa shape index (κ2) is 9.94. The number of rotatable bonds is 9. The van der Waals surface area contributed by atoms with Crippen LogP contribution >= 0.6 is 11.8 Å². The first-order valence-corrected chi connectivity index (χ1v) is 10.2. The van der Waals surface area contributed by atoms with E-state index in [1.165, 1.54) is 5.56 Å². The molecule has 0 bridgehead atoms. The Morgan fingerprint density at radius 3 is 2.89 bits per heavy atom. The lowest BCUT2D eigenvalue weighted by Gasteiger charge is -2.08. The maximum atomic E-state index is 12.3. The van der Waals surface area contributed by atoms with E-state index in [9.17, 15) is 4.79 Å². The Morgan fingerprint density at radius 1 is 1.21 bits per heavy atom. The topological polar surface area (TPSA) is 79.9 Å². The summed E-state index contributed by atoms with van der Waals surface area (Å²) < 4.78 is 5.22. The van der Waals surface area contributed by atoms with Gasteiger partial charge in [0.25, 0.3) is 5.56 Å². The average molecular weight is 397 g/mol. The second-order valence-corrected chi connectivity index (χ2v) is 7.47.